The predicted octanol–water partition coefficient (Wildman–Crippen LogP) is 1.44. The Morgan fingerprint density at radius 1 is 1.24 bits per heavy atom. The molecule has 0 aromatic heterocycles. The molecule has 0 atom stereocenters. The summed E-state index contributed by atoms with van der Waals surface area (Å²) in [4.78, 5) is 34.0. The lowest BCUT2D eigenvalue weighted by molar-refractivity contribution is -0.385. The molecule has 0 saturated carbocycles. The standard InChI is InChI=1S/C18H17N3O7S/c1-12-2-7-16(21(24)25)15(8-12)11-28-18(23)14-5-3-13(4-6-14)9-20-10-17(22)19-29(20,26)27/h2-8H,9-11H2,1H3,(H,19,22). The minimum Gasteiger partial charge on any atom is -0.457 e. The van der Waals surface area contributed by atoms with Gasteiger partial charge in [0.05, 0.1) is 22.6 Å². The van der Waals surface area contributed by atoms with E-state index in [2.05, 4.69) is 0 Å². The van der Waals surface area contributed by atoms with E-state index in [0.29, 0.717) is 5.56 Å². The second-order valence-corrected chi connectivity index (χ2v) is 8.13. The quantitative estimate of drug-likeness (QED) is 0.425. The van der Waals surface area contributed by atoms with Gasteiger partial charge in [-0.05, 0) is 30.7 Å². The van der Waals surface area contributed by atoms with Crippen LogP contribution in [0.3, 0.4) is 0 Å². The van der Waals surface area contributed by atoms with Crippen molar-refractivity contribution in [3.05, 3.63) is 74.8 Å². The number of nitro groups is 1. The van der Waals surface area contributed by atoms with Gasteiger partial charge in [-0.25, -0.2) is 9.52 Å². The van der Waals surface area contributed by atoms with Crippen LogP contribution in [0.1, 0.15) is 27.0 Å². The number of hydrogen-bond donors (Lipinski definition) is 1. The normalized spacial score (nSPS) is 15.7. The molecule has 10 nitrogen and oxygen atoms in total. The van der Waals surface area contributed by atoms with Gasteiger partial charge in [-0.2, -0.15) is 12.7 Å². The van der Waals surface area contributed by atoms with Gasteiger partial charge in [-0.3, -0.25) is 14.9 Å². The maximum absolute atomic E-state index is 12.2. The number of aryl methyl sites for hydroxylation is 1. The van der Waals surface area contributed by atoms with Gasteiger partial charge in [0, 0.05) is 12.6 Å². The SMILES string of the molecule is Cc1ccc([N+](=O)[O-])c(COC(=O)c2ccc(CN3CC(=O)NS3(=O)=O)cc2)c1. The molecule has 1 fully saturated rings. The summed E-state index contributed by atoms with van der Waals surface area (Å²) in [5.41, 5.74) is 1.75. The maximum Gasteiger partial charge on any atom is 0.338 e. The molecule has 152 valence electrons. The Hall–Kier alpha value is -3.31. The van der Waals surface area contributed by atoms with Crippen molar-refractivity contribution in [2.75, 3.05) is 6.54 Å². The second kappa shape index (κ2) is 7.97. The van der Waals surface area contributed by atoms with Crippen LogP contribution in [-0.2, 0) is 32.9 Å². The number of hydrogen-bond acceptors (Lipinski definition) is 7. The van der Waals surface area contributed by atoms with Crippen LogP contribution in [0.4, 0.5) is 5.69 Å². The third-order valence-corrected chi connectivity index (χ3v) is 5.67. The van der Waals surface area contributed by atoms with Gasteiger partial charge >= 0.3 is 16.2 Å². The van der Waals surface area contributed by atoms with E-state index < -0.39 is 27.0 Å². The van der Waals surface area contributed by atoms with Crippen molar-refractivity contribution in [1.29, 1.82) is 0 Å². The van der Waals surface area contributed by atoms with Crippen molar-refractivity contribution >= 4 is 27.8 Å². The highest BCUT2D eigenvalue weighted by Crippen LogP contribution is 2.21. The van der Waals surface area contributed by atoms with E-state index in [-0.39, 0.29) is 36.5 Å². The molecule has 29 heavy (non-hydrogen) atoms. The third kappa shape index (κ3) is 4.76. The van der Waals surface area contributed by atoms with Crippen LogP contribution >= 0.6 is 0 Å². The Bertz CT molecular complexity index is 1080. The minimum atomic E-state index is -3.83. The summed E-state index contributed by atoms with van der Waals surface area (Å²) in [5, 5.41) is 11.1. The predicted molar refractivity (Wildman–Crippen MR) is 101 cm³/mol. The van der Waals surface area contributed by atoms with Crippen molar-refractivity contribution in [3.63, 3.8) is 0 Å². The van der Waals surface area contributed by atoms with Crippen LogP contribution in [0.5, 0.6) is 0 Å². The van der Waals surface area contributed by atoms with Crippen LogP contribution < -0.4 is 4.72 Å². The van der Waals surface area contributed by atoms with Crippen LogP contribution in [-0.4, -0.2) is 36.1 Å². The number of nitrogens with zero attached hydrogens (tertiary/aromatic N) is 2. The molecule has 1 N–H and O–H groups in total. The summed E-state index contributed by atoms with van der Waals surface area (Å²) < 4.78 is 31.5. The van der Waals surface area contributed by atoms with E-state index in [1.165, 1.54) is 18.2 Å². The third-order valence-electron chi connectivity index (χ3n) is 4.24. The molecule has 1 heterocycles. The zero-order chi connectivity index (χ0) is 21.2. The van der Waals surface area contributed by atoms with Crippen molar-refractivity contribution in [3.8, 4) is 0 Å². The fourth-order valence-corrected chi connectivity index (χ4v) is 3.90. The van der Waals surface area contributed by atoms with Crippen molar-refractivity contribution < 1.29 is 27.7 Å². The Morgan fingerprint density at radius 2 is 1.93 bits per heavy atom. The minimum absolute atomic E-state index is 0.0219. The van der Waals surface area contributed by atoms with Crippen LogP contribution in [0.15, 0.2) is 42.5 Å². The lowest BCUT2D eigenvalue weighted by atomic mass is 10.1. The molecule has 2 aromatic carbocycles. The molecule has 11 heteroatoms. The molecule has 1 aliphatic heterocycles. The molecule has 0 bridgehead atoms. The highest BCUT2D eigenvalue weighted by Gasteiger charge is 2.33. The fraction of sp³-hybridized carbons (Fsp3) is 0.222. The van der Waals surface area contributed by atoms with Gasteiger partial charge < -0.3 is 4.74 Å². The monoisotopic (exact) mass is 419 g/mol. The molecule has 1 saturated heterocycles. The molecule has 0 aliphatic carbocycles. The molecule has 3 rings (SSSR count). The largest absolute Gasteiger partial charge is 0.457 e. The molecule has 1 amide bonds. The molecule has 0 spiro atoms. The van der Waals surface area contributed by atoms with Gasteiger partial charge in [0.2, 0.25) is 5.91 Å². The number of amides is 1. The topological polar surface area (TPSA) is 136 Å². The average Bonchev–Trinajstić information content (AvgIpc) is 2.91. The molecule has 2 aromatic rings. The smallest absolute Gasteiger partial charge is 0.338 e. The Morgan fingerprint density at radius 3 is 2.52 bits per heavy atom. The van der Waals surface area contributed by atoms with E-state index in [4.69, 9.17) is 4.74 Å². The first kappa shape index (κ1) is 20.4. The second-order valence-electron chi connectivity index (χ2n) is 6.46. The number of nitro benzene ring substituents is 1. The number of carbonyl (C=O) groups excluding carboxylic acids is 2. The van der Waals surface area contributed by atoms with E-state index in [0.717, 1.165) is 9.87 Å². The fourth-order valence-electron chi connectivity index (χ4n) is 2.81. The first-order chi connectivity index (χ1) is 13.7. The first-order valence-electron chi connectivity index (χ1n) is 8.46. The number of esters is 1. The van der Waals surface area contributed by atoms with Crippen LogP contribution in [0.2, 0.25) is 0 Å². The van der Waals surface area contributed by atoms with Crippen LogP contribution in [0, 0.1) is 17.0 Å². The van der Waals surface area contributed by atoms with Gasteiger partial charge in [0.1, 0.15) is 6.61 Å². The summed E-state index contributed by atoms with van der Waals surface area (Å²) in [5.74, 6) is -1.27. The highest BCUT2D eigenvalue weighted by molar-refractivity contribution is 7.88. The van der Waals surface area contributed by atoms with E-state index >= 15 is 0 Å². The number of rotatable bonds is 6. The number of benzene rings is 2. The van der Waals surface area contributed by atoms with Gasteiger partial charge in [-0.1, -0.05) is 23.8 Å². The average molecular weight is 419 g/mol. The molecular formula is C18H17N3O7S. The number of nitrogens with one attached hydrogen (secondary N) is 1. The van der Waals surface area contributed by atoms with Crippen LogP contribution in [0.25, 0.3) is 0 Å². The maximum atomic E-state index is 12.2. The summed E-state index contributed by atoms with van der Waals surface area (Å²) in [6.45, 7) is 1.24. The Balaban J connectivity index is 1.65. The van der Waals surface area contributed by atoms with Crippen molar-refractivity contribution in [2.45, 2.75) is 20.1 Å². The summed E-state index contributed by atoms with van der Waals surface area (Å²) >= 11 is 0. The van der Waals surface area contributed by atoms with Gasteiger partial charge in [-0.15, -0.1) is 0 Å². The van der Waals surface area contributed by atoms with E-state index in [1.54, 1.807) is 31.2 Å². The van der Waals surface area contributed by atoms with E-state index in [9.17, 15) is 28.1 Å². The molecular weight excluding hydrogens is 402 g/mol. The van der Waals surface area contributed by atoms with Crippen molar-refractivity contribution in [2.24, 2.45) is 0 Å². The zero-order valence-electron chi connectivity index (χ0n) is 15.3. The molecule has 0 radical (unpaired) electrons. The Kier molecular flexibility index (Phi) is 5.62. The number of carbonyl (C=O) groups is 2. The lowest BCUT2D eigenvalue weighted by Gasteiger charge is -2.12. The number of ether oxygens (including phenoxy) is 1. The first-order valence-corrected chi connectivity index (χ1v) is 9.90. The van der Waals surface area contributed by atoms with Gasteiger partial charge in [0.25, 0.3) is 5.69 Å². The summed E-state index contributed by atoms with van der Waals surface area (Å²) in [7, 11) is -3.83. The molecule has 1 aliphatic rings. The van der Waals surface area contributed by atoms with E-state index in [1.807, 2.05) is 4.72 Å². The molecule has 0 unspecified atom stereocenters. The zero-order valence-corrected chi connectivity index (χ0v) is 16.1. The van der Waals surface area contributed by atoms with Gasteiger partial charge in [0.15, 0.2) is 0 Å². The summed E-state index contributed by atoms with van der Waals surface area (Å²) in [6.07, 6.45) is 0. The highest BCUT2D eigenvalue weighted by atomic mass is 32.2. The van der Waals surface area contributed by atoms with Crippen molar-refractivity contribution in [1.82, 2.24) is 9.03 Å². The Labute approximate surface area is 166 Å². The summed E-state index contributed by atoms with van der Waals surface area (Å²) in [6, 6.07) is 10.6. The lowest BCUT2D eigenvalue weighted by Crippen LogP contribution is -2.29.